The molecular weight excluding hydrogens is 240 g/mol. The zero-order chi connectivity index (χ0) is 13.7. The molecule has 0 aliphatic heterocycles. The average molecular weight is 260 g/mol. The van der Waals surface area contributed by atoms with Crippen molar-refractivity contribution in [3.63, 3.8) is 0 Å². The van der Waals surface area contributed by atoms with Gasteiger partial charge in [0.1, 0.15) is 11.4 Å². The monoisotopic (exact) mass is 260 g/mol. The second-order valence-electron chi connectivity index (χ2n) is 4.59. The fourth-order valence-electron chi connectivity index (χ4n) is 1.77. The lowest BCUT2D eigenvalue weighted by molar-refractivity contribution is 0.318. The lowest BCUT2D eigenvalue weighted by Gasteiger charge is -2.13. The predicted octanol–water partition coefficient (Wildman–Crippen LogP) is 2.52. The summed E-state index contributed by atoms with van der Waals surface area (Å²) in [7, 11) is 1.86. The zero-order valence-corrected chi connectivity index (χ0v) is 11.7. The number of nitrogens with zero attached hydrogens (tertiary/aromatic N) is 3. The van der Waals surface area contributed by atoms with Crippen LogP contribution in [0.2, 0.25) is 0 Å². The summed E-state index contributed by atoms with van der Waals surface area (Å²) >= 11 is 0. The first-order chi connectivity index (χ1) is 9.19. The Hall–Kier alpha value is -2.04. The molecule has 5 heteroatoms. The molecule has 0 atom stereocenters. The third-order valence-corrected chi connectivity index (χ3v) is 2.71. The van der Waals surface area contributed by atoms with Crippen molar-refractivity contribution in [3.8, 4) is 5.75 Å². The van der Waals surface area contributed by atoms with Crippen LogP contribution in [0.15, 0.2) is 24.4 Å². The Labute approximate surface area is 113 Å². The van der Waals surface area contributed by atoms with E-state index in [-0.39, 0.29) is 0 Å². The van der Waals surface area contributed by atoms with Gasteiger partial charge < -0.3 is 10.1 Å². The van der Waals surface area contributed by atoms with E-state index >= 15 is 0 Å². The summed E-state index contributed by atoms with van der Waals surface area (Å²) in [6.07, 6.45) is 2.89. The molecule has 0 saturated carbocycles. The predicted molar refractivity (Wildman–Crippen MR) is 75.3 cm³/mol. The van der Waals surface area contributed by atoms with Crippen molar-refractivity contribution in [2.24, 2.45) is 7.05 Å². The molecule has 1 N–H and O–H groups in total. The first-order valence-electron chi connectivity index (χ1n) is 6.51. The Kier molecular flexibility index (Phi) is 4.39. The van der Waals surface area contributed by atoms with Crippen molar-refractivity contribution in [1.29, 1.82) is 0 Å². The van der Waals surface area contributed by atoms with Gasteiger partial charge in [-0.3, -0.25) is 4.68 Å². The highest BCUT2D eigenvalue weighted by atomic mass is 16.5. The van der Waals surface area contributed by atoms with Crippen LogP contribution in [-0.4, -0.2) is 21.6 Å². The van der Waals surface area contributed by atoms with Crippen LogP contribution in [-0.2, 0) is 13.6 Å². The molecule has 2 rings (SSSR count). The Morgan fingerprint density at radius 3 is 2.89 bits per heavy atom. The van der Waals surface area contributed by atoms with Crippen LogP contribution in [0.25, 0.3) is 0 Å². The molecule has 0 unspecified atom stereocenters. The van der Waals surface area contributed by atoms with E-state index in [1.54, 1.807) is 4.68 Å². The van der Waals surface area contributed by atoms with Gasteiger partial charge >= 0.3 is 0 Å². The van der Waals surface area contributed by atoms with E-state index in [0.717, 1.165) is 30.2 Å². The summed E-state index contributed by atoms with van der Waals surface area (Å²) < 4.78 is 7.45. The molecule has 0 radical (unpaired) electrons. The number of aryl methyl sites for hydroxylation is 2. The Morgan fingerprint density at radius 1 is 1.37 bits per heavy atom. The fourth-order valence-corrected chi connectivity index (χ4v) is 1.77. The van der Waals surface area contributed by atoms with E-state index in [4.69, 9.17) is 4.74 Å². The van der Waals surface area contributed by atoms with Crippen molar-refractivity contribution in [3.05, 3.63) is 35.7 Å². The van der Waals surface area contributed by atoms with Crippen LogP contribution >= 0.6 is 0 Å². The largest absolute Gasteiger partial charge is 0.491 e. The molecular formula is C14H20N4O. The van der Waals surface area contributed by atoms with E-state index in [0.29, 0.717) is 6.54 Å². The van der Waals surface area contributed by atoms with Crippen LogP contribution in [0.1, 0.15) is 24.6 Å². The molecule has 0 bridgehead atoms. The van der Waals surface area contributed by atoms with Crippen molar-refractivity contribution in [1.82, 2.24) is 15.0 Å². The molecule has 2 aromatic rings. The number of benzene rings is 1. The summed E-state index contributed by atoms with van der Waals surface area (Å²) in [5, 5.41) is 11.3. The first kappa shape index (κ1) is 13.4. The van der Waals surface area contributed by atoms with Crippen LogP contribution in [0.3, 0.4) is 0 Å². The summed E-state index contributed by atoms with van der Waals surface area (Å²) in [6, 6.07) is 6.16. The van der Waals surface area contributed by atoms with Crippen molar-refractivity contribution in [2.45, 2.75) is 26.8 Å². The smallest absolute Gasteiger partial charge is 0.142 e. The summed E-state index contributed by atoms with van der Waals surface area (Å²) in [5.41, 5.74) is 3.09. The molecule has 0 spiro atoms. The first-order valence-corrected chi connectivity index (χ1v) is 6.51. The number of aromatic nitrogens is 3. The minimum Gasteiger partial charge on any atom is -0.491 e. The molecule has 0 amide bonds. The highest BCUT2D eigenvalue weighted by Crippen LogP contribution is 2.26. The molecule has 0 aliphatic carbocycles. The van der Waals surface area contributed by atoms with E-state index in [9.17, 15) is 0 Å². The van der Waals surface area contributed by atoms with Gasteiger partial charge in [-0.15, -0.1) is 5.10 Å². The van der Waals surface area contributed by atoms with Crippen molar-refractivity contribution >= 4 is 5.69 Å². The number of ether oxygens (including phenoxy) is 1. The van der Waals surface area contributed by atoms with Gasteiger partial charge in [0.25, 0.3) is 0 Å². The van der Waals surface area contributed by atoms with Crippen LogP contribution in [0.5, 0.6) is 5.75 Å². The third kappa shape index (κ3) is 3.71. The van der Waals surface area contributed by atoms with Gasteiger partial charge in [-0.25, -0.2) is 0 Å². The molecule has 1 aromatic carbocycles. The highest BCUT2D eigenvalue weighted by Gasteiger charge is 2.05. The lowest BCUT2D eigenvalue weighted by atomic mass is 10.2. The van der Waals surface area contributed by atoms with Gasteiger partial charge in [-0.1, -0.05) is 18.2 Å². The summed E-state index contributed by atoms with van der Waals surface area (Å²) in [4.78, 5) is 0. The van der Waals surface area contributed by atoms with E-state index in [1.807, 2.05) is 19.3 Å². The Bertz CT molecular complexity index is 536. The molecule has 5 nitrogen and oxygen atoms in total. The number of hydrogen-bond donors (Lipinski definition) is 1. The van der Waals surface area contributed by atoms with Gasteiger partial charge in [0.15, 0.2) is 0 Å². The van der Waals surface area contributed by atoms with E-state index in [2.05, 4.69) is 41.6 Å². The quantitative estimate of drug-likeness (QED) is 0.867. The SMILES string of the molecule is CCCOc1cc(C)ccc1NCc1cn(C)nn1. The molecule has 0 fully saturated rings. The Balaban J connectivity index is 2.05. The maximum atomic E-state index is 5.76. The number of nitrogens with one attached hydrogen (secondary N) is 1. The minimum absolute atomic E-state index is 0.638. The zero-order valence-electron chi connectivity index (χ0n) is 11.7. The molecule has 1 aromatic heterocycles. The van der Waals surface area contributed by atoms with Crippen molar-refractivity contribution < 1.29 is 4.74 Å². The number of anilines is 1. The molecule has 0 aliphatic rings. The summed E-state index contributed by atoms with van der Waals surface area (Å²) in [5.74, 6) is 0.894. The topological polar surface area (TPSA) is 52.0 Å². The second kappa shape index (κ2) is 6.22. The van der Waals surface area contributed by atoms with Crippen molar-refractivity contribution in [2.75, 3.05) is 11.9 Å². The van der Waals surface area contributed by atoms with E-state index in [1.165, 1.54) is 5.56 Å². The maximum absolute atomic E-state index is 5.76. The highest BCUT2D eigenvalue weighted by molar-refractivity contribution is 5.57. The molecule has 102 valence electrons. The molecule has 19 heavy (non-hydrogen) atoms. The lowest BCUT2D eigenvalue weighted by Crippen LogP contribution is -2.04. The third-order valence-electron chi connectivity index (χ3n) is 2.71. The second-order valence-corrected chi connectivity index (χ2v) is 4.59. The average Bonchev–Trinajstić information content (AvgIpc) is 2.81. The van der Waals surface area contributed by atoms with Gasteiger partial charge in [-0.2, -0.15) is 0 Å². The van der Waals surface area contributed by atoms with Gasteiger partial charge in [0.05, 0.1) is 18.8 Å². The molecule has 1 heterocycles. The Morgan fingerprint density at radius 2 is 2.21 bits per heavy atom. The molecule has 0 saturated heterocycles. The van der Waals surface area contributed by atoms with Gasteiger partial charge in [-0.05, 0) is 31.0 Å². The maximum Gasteiger partial charge on any atom is 0.142 e. The standard InChI is InChI=1S/C14H20N4O/c1-4-7-19-14-8-11(2)5-6-13(14)15-9-12-10-18(3)17-16-12/h5-6,8,10,15H,4,7,9H2,1-3H3. The van der Waals surface area contributed by atoms with Crippen LogP contribution in [0.4, 0.5) is 5.69 Å². The van der Waals surface area contributed by atoms with E-state index < -0.39 is 0 Å². The number of hydrogen-bond acceptors (Lipinski definition) is 4. The minimum atomic E-state index is 0.638. The summed E-state index contributed by atoms with van der Waals surface area (Å²) in [6.45, 7) is 5.52. The fraction of sp³-hybridized carbons (Fsp3) is 0.429. The van der Waals surface area contributed by atoms with Crippen LogP contribution < -0.4 is 10.1 Å². The number of rotatable bonds is 6. The van der Waals surface area contributed by atoms with Crippen LogP contribution in [0, 0.1) is 6.92 Å². The van der Waals surface area contributed by atoms with Gasteiger partial charge in [0, 0.05) is 13.2 Å². The van der Waals surface area contributed by atoms with Gasteiger partial charge in [0.2, 0.25) is 0 Å². The normalized spacial score (nSPS) is 10.5.